The first-order chi connectivity index (χ1) is 7.81. The molecule has 0 N–H and O–H groups in total. The zero-order chi connectivity index (χ0) is 11.4. The van der Waals surface area contributed by atoms with E-state index < -0.39 is 0 Å². The highest BCUT2D eigenvalue weighted by molar-refractivity contribution is 5.52. The van der Waals surface area contributed by atoms with E-state index >= 15 is 0 Å². The average molecular weight is 215 g/mol. The molecule has 0 aromatic carbocycles. The Labute approximate surface area is 91.4 Å². The third kappa shape index (κ3) is 1.99. The van der Waals surface area contributed by atoms with Gasteiger partial charge < -0.3 is 0 Å². The minimum absolute atomic E-state index is 0.278. The SMILES string of the molecule is Cn1nc(-c2cnccn2)cc1CN=[N+]=[N-]. The number of aromatic nitrogens is 4. The van der Waals surface area contributed by atoms with Gasteiger partial charge in [0, 0.05) is 30.0 Å². The first-order valence-electron chi connectivity index (χ1n) is 4.61. The molecule has 2 rings (SSSR count). The molecule has 0 unspecified atom stereocenters. The first-order valence-corrected chi connectivity index (χ1v) is 4.61. The molecule has 0 bridgehead atoms. The van der Waals surface area contributed by atoms with E-state index in [1.54, 1.807) is 30.3 Å². The Morgan fingerprint density at radius 2 is 2.31 bits per heavy atom. The van der Waals surface area contributed by atoms with Crippen molar-refractivity contribution in [2.24, 2.45) is 12.2 Å². The van der Waals surface area contributed by atoms with Crippen molar-refractivity contribution >= 4 is 0 Å². The Balaban J connectivity index is 2.34. The van der Waals surface area contributed by atoms with Gasteiger partial charge in [-0.05, 0) is 11.6 Å². The van der Waals surface area contributed by atoms with Crippen LogP contribution in [0.2, 0.25) is 0 Å². The Hall–Kier alpha value is -2.40. The molecule has 80 valence electrons. The van der Waals surface area contributed by atoms with Gasteiger partial charge in [-0.3, -0.25) is 14.6 Å². The lowest BCUT2D eigenvalue weighted by Gasteiger charge is -1.93. The maximum Gasteiger partial charge on any atom is 0.113 e. The molecule has 7 nitrogen and oxygen atoms in total. The van der Waals surface area contributed by atoms with Crippen LogP contribution < -0.4 is 0 Å². The molecule has 0 atom stereocenters. The molecule has 7 heteroatoms. The molecule has 0 fully saturated rings. The number of hydrogen-bond donors (Lipinski definition) is 0. The molecule has 0 aliphatic rings. The lowest BCUT2D eigenvalue weighted by molar-refractivity contribution is 0.712. The molecule has 0 aliphatic carbocycles. The predicted octanol–water partition coefficient (Wildman–Crippen LogP) is 1.69. The van der Waals surface area contributed by atoms with Gasteiger partial charge in [0.2, 0.25) is 0 Å². The normalized spacial score (nSPS) is 9.81. The van der Waals surface area contributed by atoms with Crippen LogP contribution in [-0.2, 0) is 13.6 Å². The minimum atomic E-state index is 0.278. The summed E-state index contributed by atoms with van der Waals surface area (Å²) in [6.45, 7) is 0.278. The highest BCUT2D eigenvalue weighted by atomic mass is 15.3. The van der Waals surface area contributed by atoms with Crippen molar-refractivity contribution in [3.05, 3.63) is 40.8 Å². The molecule has 16 heavy (non-hydrogen) atoms. The fourth-order valence-electron chi connectivity index (χ4n) is 1.31. The number of aryl methyl sites for hydroxylation is 1. The van der Waals surface area contributed by atoms with Crippen molar-refractivity contribution in [3.8, 4) is 11.4 Å². The lowest BCUT2D eigenvalue weighted by Crippen LogP contribution is -1.96. The molecule has 2 aromatic heterocycles. The monoisotopic (exact) mass is 215 g/mol. The molecule has 0 spiro atoms. The van der Waals surface area contributed by atoms with Crippen molar-refractivity contribution < 1.29 is 0 Å². The van der Waals surface area contributed by atoms with Gasteiger partial charge in [0.15, 0.2) is 0 Å². The van der Waals surface area contributed by atoms with Gasteiger partial charge in [-0.15, -0.1) is 0 Å². The van der Waals surface area contributed by atoms with Gasteiger partial charge in [-0.25, -0.2) is 0 Å². The number of nitrogens with zero attached hydrogens (tertiary/aromatic N) is 7. The van der Waals surface area contributed by atoms with Crippen LogP contribution in [0.15, 0.2) is 29.8 Å². The highest BCUT2D eigenvalue weighted by Crippen LogP contribution is 2.15. The van der Waals surface area contributed by atoms with E-state index in [2.05, 4.69) is 25.1 Å². The summed E-state index contributed by atoms with van der Waals surface area (Å²) in [6, 6.07) is 1.83. The lowest BCUT2D eigenvalue weighted by atomic mass is 10.3. The molecule has 0 radical (unpaired) electrons. The summed E-state index contributed by atoms with van der Waals surface area (Å²) in [5, 5.41) is 7.76. The van der Waals surface area contributed by atoms with Crippen molar-refractivity contribution in [3.63, 3.8) is 0 Å². The smallest absolute Gasteiger partial charge is 0.113 e. The second-order valence-electron chi connectivity index (χ2n) is 3.12. The second-order valence-corrected chi connectivity index (χ2v) is 3.12. The standard InChI is InChI=1S/C9H9N7/c1-16-7(5-13-15-10)4-8(14-16)9-6-11-2-3-12-9/h2-4,6H,5H2,1H3. The van der Waals surface area contributed by atoms with E-state index in [4.69, 9.17) is 5.53 Å². The van der Waals surface area contributed by atoms with E-state index in [0.717, 1.165) is 11.4 Å². The van der Waals surface area contributed by atoms with E-state index in [1.165, 1.54) is 0 Å². The van der Waals surface area contributed by atoms with Gasteiger partial charge in [-0.1, -0.05) is 5.11 Å². The maximum atomic E-state index is 8.25. The third-order valence-electron chi connectivity index (χ3n) is 2.10. The zero-order valence-electron chi connectivity index (χ0n) is 8.65. The Morgan fingerprint density at radius 3 is 3.00 bits per heavy atom. The topological polar surface area (TPSA) is 92.4 Å². The fraction of sp³-hybridized carbons (Fsp3) is 0.222. The highest BCUT2D eigenvalue weighted by Gasteiger charge is 2.07. The van der Waals surface area contributed by atoms with Crippen LogP contribution in [0.5, 0.6) is 0 Å². The van der Waals surface area contributed by atoms with Crippen LogP contribution in [0.25, 0.3) is 21.8 Å². The molecule has 0 aliphatic heterocycles. The minimum Gasteiger partial charge on any atom is -0.272 e. The van der Waals surface area contributed by atoms with E-state index in [-0.39, 0.29) is 6.54 Å². The van der Waals surface area contributed by atoms with Crippen molar-refractivity contribution in [2.75, 3.05) is 0 Å². The summed E-state index contributed by atoms with van der Waals surface area (Å²) in [6.07, 6.45) is 4.85. The molecule has 2 aromatic rings. The van der Waals surface area contributed by atoms with E-state index in [9.17, 15) is 0 Å². The molecule has 2 heterocycles. The van der Waals surface area contributed by atoms with Crippen molar-refractivity contribution in [1.82, 2.24) is 19.7 Å². The molecule has 0 saturated heterocycles. The Morgan fingerprint density at radius 1 is 1.44 bits per heavy atom. The Kier molecular flexibility index (Phi) is 2.79. The van der Waals surface area contributed by atoms with Crippen LogP contribution in [0.1, 0.15) is 5.69 Å². The zero-order valence-corrected chi connectivity index (χ0v) is 8.65. The van der Waals surface area contributed by atoms with Gasteiger partial charge in [0.25, 0.3) is 0 Å². The molecule has 0 amide bonds. The summed E-state index contributed by atoms with van der Waals surface area (Å²) in [7, 11) is 1.79. The van der Waals surface area contributed by atoms with Gasteiger partial charge in [0.1, 0.15) is 11.4 Å². The fourth-order valence-corrected chi connectivity index (χ4v) is 1.31. The third-order valence-corrected chi connectivity index (χ3v) is 2.10. The summed E-state index contributed by atoms with van der Waals surface area (Å²) in [5.41, 5.74) is 10.5. The van der Waals surface area contributed by atoms with Crippen molar-refractivity contribution in [1.29, 1.82) is 0 Å². The summed E-state index contributed by atoms with van der Waals surface area (Å²) >= 11 is 0. The van der Waals surface area contributed by atoms with Gasteiger partial charge >= 0.3 is 0 Å². The largest absolute Gasteiger partial charge is 0.272 e. The summed E-state index contributed by atoms with van der Waals surface area (Å²) in [5.74, 6) is 0. The average Bonchev–Trinajstić information content (AvgIpc) is 2.69. The van der Waals surface area contributed by atoms with Crippen LogP contribution in [0.3, 0.4) is 0 Å². The van der Waals surface area contributed by atoms with Gasteiger partial charge in [0.05, 0.1) is 12.7 Å². The van der Waals surface area contributed by atoms with Crippen LogP contribution in [0.4, 0.5) is 0 Å². The summed E-state index contributed by atoms with van der Waals surface area (Å²) < 4.78 is 1.67. The van der Waals surface area contributed by atoms with Crippen LogP contribution >= 0.6 is 0 Å². The van der Waals surface area contributed by atoms with Crippen LogP contribution in [0, 0.1) is 0 Å². The predicted molar refractivity (Wildman–Crippen MR) is 57.1 cm³/mol. The number of azide groups is 1. The molecular weight excluding hydrogens is 206 g/mol. The maximum absolute atomic E-state index is 8.25. The second kappa shape index (κ2) is 4.41. The van der Waals surface area contributed by atoms with Crippen LogP contribution in [-0.4, -0.2) is 19.7 Å². The number of hydrogen-bond acceptors (Lipinski definition) is 4. The van der Waals surface area contributed by atoms with E-state index in [1.807, 2.05) is 6.07 Å². The summed E-state index contributed by atoms with van der Waals surface area (Å²) in [4.78, 5) is 10.8. The van der Waals surface area contributed by atoms with E-state index in [0.29, 0.717) is 5.69 Å². The molecular formula is C9H9N7. The Bertz CT molecular complexity index is 524. The van der Waals surface area contributed by atoms with Crippen molar-refractivity contribution in [2.45, 2.75) is 6.54 Å². The first kappa shape index (κ1) is 10.1. The number of rotatable bonds is 3. The molecule has 0 saturated carbocycles. The van der Waals surface area contributed by atoms with Gasteiger partial charge in [-0.2, -0.15) is 5.10 Å². The quantitative estimate of drug-likeness (QED) is 0.443.